The topological polar surface area (TPSA) is 29.3 Å². The van der Waals surface area contributed by atoms with Gasteiger partial charge in [0.15, 0.2) is 0 Å². The van der Waals surface area contributed by atoms with Crippen LogP contribution in [0.25, 0.3) is 0 Å². The summed E-state index contributed by atoms with van der Waals surface area (Å²) in [4.78, 5) is 2.83. The van der Waals surface area contributed by atoms with Gasteiger partial charge in [0.2, 0.25) is 0 Å². The molecule has 0 bridgehead atoms. The molecule has 2 N–H and O–H groups in total. The Kier molecular flexibility index (Phi) is 11.6. The standard InChI is InChI=1S/C28H40N2.2ClH/c1-22(21-30-18-9-8-17-27(30)19-23-11-4-2-5-12-23)25-15-10-16-26(20-25)28(29)24-13-6-3-7-14-24;;/h3,6-7,10,13-16,20,22-23,27-28H,2,4-5,8-9,11-12,17-19,21,29H2,1H3;2*1H. The Bertz CT molecular complexity index is 776. The van der Waals surface area contributed by atoms with E-state index in [1.807, 2.05) is 0 Å². The van der Waals surface area contributed by atoms with Crippen LogP contribution in [-0.4, -0.2) is 24.0 Å². The lowest BCUT2D eigenvalue weighted by Crippen LogP contribution is -2.42. The highest BCUT2D eigenvalue weighted by atomic mass is 35.5. The van der Waals surface area contributed by atoms with E-state index in [0.717, 1.165) is 12.0 Å². The van der Waals surface area contributed by atoms with Gasteiger partial charge in [-0.25, -0.2) is 0 Å². The molecule has 1 aliphatic heterocycles. The van der Waals surface area contributed by atoms with Gasteiger partial charge >= 0.3 is 0 Å². The van der Waals surface area contributed by atoms with Gasteiger partial charge in [-0.15, -0.1) is 24.8 Å². The first-order valence-electron chi connectivity index (χ1n) is 12.3. The number of piperidine rings is 1. The van der Waals surface area contributed by atoms with Gasteiger partial charge in [-0.2, -0.15) is 0 Å². The van der Waals surface area contributed by atoms with E-state index in [1.54, 1.807) is 0 Å². The Hall–Kier alpha value is -1.06. The molecule has 4 rings (SSSR count). The SMILES string of the molecule is CC(CN1CCCCC1CC1CCCCC1)c1cccc(C(N)c2ccccc2)c1.Cl.Cl. The zero-order valence-corrected chi connectivity index (χ0v) is 21.3. The summed E-state index contributed by atoms with van der Waals surface area (Å²) < 4.78 is 0. The second kappa shape index (κ2) is 13.6. The van der Waals surface area contributed by atoms with Gasteiger partial charge in [0.25, 0.3) is 0 Å². The van der Waals surface area contributed by atoms with Gasteiger partial charge in [-0.05, 0) is 54.3 Å². The van der Waals surface area contributed by atoms with Crippen LogP contribution in [0.1, 0.15) is 93.4 Å². The molecule has 0 amide bonds. The number of benzene rings is 2. The molecule has 0 aromatic heterocycles. The highest BCUT2D eigenvalue weighted by molar-refractivity contribution is 5.85. The number of hydrogen-bond acceptors (Lipinski definition) is 2. The normalized spacial score (nSPS) is 21.8. The molecule has 4 heteroatoms. The lowest BCUT2D eigenvalue weighted by atomic mass is 9.82. The second-order valence-electron chi connectivity index (χ2n) is 9.84. The number of hydrogen-bond donors (Lipinski definition) is 1. The molecule has 1 heterocycles. The molecule has 1 saturated heterocycles. The van der Waals surface area contributed by atoms with Crippen LogP contribution in [0.4, 0.5) is 0 Å². The minimum absolute atomic E-state index is 0. The van der Waals surface area contributed by atoms with E-state index in [2.05, 4.69) is 66.4 Å². The zero-order valence-electron chi connectivity index (χ0n) is 19.6. The Balaban J connectivity index is 0.00000181. The third-order valence-electron chi connectivity index (χ3n) is 7.59. The van der Waals surface area contributed by atoms with Crippen LogP contribution in [0.5, 0.6) is 0 Å². The van der Waals surface area contributed by atoms with Crippen molar-refractivity contribution in [1.82, 2.24) is 4.90 Å². The van der Waals surface area contributed by atoms with Gasteiger partial charge < -0.3 is 5.73 Å². The molecule has 3 atom stereocenters. The average Bonchev–Trinajstić information content (AvgIpc) is 2.81. The second-order valence-corrected chi connectivity index (χ2v) is 9.84. The summed E-state index contributed by atoms with van der Waals surface area (Å²) in [6.07, 6.45) is 13.0. The molecule has 2 fully saturated rings. The molecule has 0 spiro atoms. The summed E-state index contributed by atoms with van der Waals surface area (Å²) in [7, 11) is 0. The van der Waals surface area contributed by atoms with Crippen molar-refractivity contribution >= 4 is 24.8 Å². The number of halogens is 2. The Morgan fingerprint density at radius 3 is 2.22 bits per heavy atom. The summed E-state index contributed by atoms with van der Waals surface area (Å²) in [5.41, 5.74) is 10.4. The molecular formula is C28H42Cl2N2. The molecule has 2 aromatic carbocycles. The maximum atomic E-state index is 6.59. The summed E-state index contributed by atoms with van der Waals surface area (Å²) >= 11 is 0. The molecule has 1 saturated carbocycles. The van der Waals surface area contributed by atoms with Crippen molar-refractivity contribution in [3.05, 3.63) is 71.3 Å². The summed E-state index contributed by atoms with van der Waals surface area (Å²) in [6, 6.07) is 20.2. The minimum atomic E-state index is -0.0487. The lowest BCUT2D eigenvalue weighted by molar-refractivity contribution is 0.111. The highest BCUT2D eigenvalue weighted by Gasteiger charge is 2.27. The molecule has 2 nitrogen and oxygen atoms in total. The molecule has 0 radical (unpaired) electrons. The predicted molar refractivity (Wildman–Crippen MR) is 142 cm³/mol. The van der Waals surface area contributed by atoms with E-state index in [-0.39, 0.29) is 30.9 Å². The molecule has 32 heavy (non-hydrogen) atoms. The van der Waals surface area contributed by atoms with E-state index in [9.17, 15) is 0 Å². The quantitative estimate of drug-likeness (QED) is 0.447. The minimum Gasteiger partial charge on any atom is -0.320 e. The number of nitrogens with zero attached hydrogens (tertiary/aromatic N) is 1. The molecule has 2 aromatic rings. The fourth-order valence-electron chi connectivity index (χ4n) is 5.74. The monoisotopic (exact) mass is 476 g/mol. The molecular weight excluding hydrogens is 435 g/mol. The average molecular weight is 478 g/mol. The van der Waals surface area contributed by atoms with Crippen LogP contribution in [-0.2, 0) is 0 Å². The van der Waals surface area contributed by atoms with Gasteiger partial charge in [0.1, 0.15) is 0 Å². The first-order valence-corrected chi connectivity index (χ1v) is 12.3. The maximum Gasteiger partial charge on any atom is 0.0551 e. The first-order chi connectivity index (χ1) is 14.7. The molecule has 178 valence electrons. The Morgan fingerprint density at radius 2 is 1.47 bits per heavy atom. The van der Waals surface area contributed by atoms with Crippen LogP contribution in [0.3, 0.4) is 0 Å². The van der Waals surface area contributed by atoms with Crippen molar-refractivity contribution in [2.75, 3.05) is 13.1 Å². The maximum absolute atomic E-state index is 6.59. The molecule has 1 aliphatic carbocycles. The van der Waals surface area contributed by atoms with Gasteiger partial charge in [-0.3, -0.25) is 4.90 Å². The molecule has 2 aliphatic rings. The van der Waals surface area contributed by atoms with E-state index in [1.165, 1.54) is 87.6 Å². The lowest BCUT2D eigenvalue weighted by Gasteiger charge is -2.40. The predicted octanol–water partition coefficient (Wildman–Crippen LogP) is 7.51. The molecule has 3 unspecified atom stereocenters. The van der Waals surface area contributed by atoms with Crippen LogP contribution in [0, 0.1) is 5.92 Å². The van der Waals surface area contributed by atoms with Gasteiger partial charge in [0.05, 0.1) is 6.04 Å². The van der Waals surface area contributed by atoms with Crippen molar-refractivity contribution < 1.29 is 0 Å². The number of nitrogens with two attached hydrogens (primary N) is 1. The van der Waals surface area contributed by atoms with Crippen LogP contribution < -0.4 is 5.73 Å². The van der Waals surface area contributed by atoms with E-state index < -0.39 is 0 Å². The zero-order chi connectivity index (χ0) is 20.8. The summed E-state index contributed by atoms with van der Waals surface area (Å²) in [6.45, 7) is 4.87. The van der Waals surface area contributed by atoms with Gasteiger partial charge in [0, 0.05) is 12.6 Å². The van der Waals surface area contributed by atoms with Crippen molar-refractivity contribution in [2.24, 2.45) is 11.7 Å². The largest absolute Gasteiger partial charge is 0.320 e. The summed E-state index contributed by atoms with van der Waals surface area (Å²) in [5, 5.41) is 0. The fourth-order valence-corrected chi connectivity index (χ4v) is 5.74. The van der Waals surface area contributed by atoms with Crippen LogP contribution >= 0.6 is 24.8 Å². The highest BCUT2D eigenvalue weighted by Crippen LogP contribution is 2.33. The third-order valence-corrected chi connectivity index (χ3v) is 7.59. The number of rotatable bonds is 7. The number of likely N-dealkylation sites (tertiary alicyclic amines) is 1. The Labute approximate surface area is 208 Å². The third kappa shape index (κ3) is 7.22. The Morgan fingerprint density at radius 1 is 0.812 bits per heavy atom. The first kappa shape index (κ1) is 27.2. The van der Waals surface area contributed by atoms with Crippen LogP contribution in [0.2, 0.25) is 0 Å². The van der Waals surface area contributed by atoms with Crippen molar-refractivity contribution in [3.8, 4) is 0 Å². The van der Waals surface area contributed by atoms with E-state index >= 15 is 0 Å². The fraction of sp³-hybridized carbons (Fsp3) is 0.571. The summed E-state index contributed by atoms with van der Waals surface area (Å²) in [5.74, 6) is 1.52. The van der Waals surface area contributed by atoms with E-state index in [4.69, 9.17) is 5.73 Å². The van der Waals surface area contributed by atoms with Crippen molar-refractivity contribution in [3.63, 3.8) is 0 Å². The smallest absolute Gasteiger partial charge is 0.0551 e. The van der Waals surface area contributed by atoms with Crippen molar-refractivity contribution in [2.45, 2.75) is 82.7 Å². The van der Waals surface area contributed by atoms with E-state index in [0.29, 0.717) is 5.92 Å². The van der Waals surface area contributed by atoms with Gasteiger partial charge in [-0.1, -0.05) is 100 Å². The van der Waals surface area contributed by atoms with Crippen molar-refractivity contribution in [1.29, 1.82) is 0 Å². The van der Waals surface area contributed by atoms with Crippen LogP contribution in [0.15, 0.2) is 54.6 Å².